The second-order valence-corrected chi connectivity index (χ2v) is 6.31. The molecule has 3 heteroatoms. The second kappa shape index (κ2) is 4.88. The van der Waals surface area contributed by atoms with Crippen LogP contribution in [-0.4, -0.2) is 28.5 Å². The van der Waals surface area contributed by atoms with Gasteiger partial charge in [-0.3, -0.25) is 4.90 Å². The third-order valence-electron chi connectivity index (χ3n) is 4.93. The normalized spacial score (nSPS) is 19.7. The monoisotopic (exact) mass is 272 g/mol. The van der Waals surface area contributed by atoms with Gasteiger partial charge in [0, 0.05) is 35.7 Å². The fourth-order valence-electron chi connectivity index (χ4n) is 3.39. The van der Waals surface area contributed by atoms with Gasteiger partial charge in [0.25, 0.3) is 0 Å². The number of aromatic nitrogens is 1. The highest BCUT2D eigenvalue weighted by Crippen LogP contribution is 2.35. The molecule has 1 aromatic carbocycles. The minimum absolute atomic E-state index is 0.142. The number of fused-ring (bicyclic) bond motifs is 1. The van der Waals surface area contributed by atoms with Crippen LogP contribution >= 0.6 is 0 Å². The Bertz CT molecular complexity index is 610. The van der Waals surface area contributed by atoms with Crippen LogP contribution in [0.4, 0.5) is 4.39 Å². The van der Waals surface area contributed by atoms with Gasteiger partial charge in [0.1, 0.15) is 5.82 Å². The van der Waals surface area contributed by atoms with Gasteiger partial charge in [-0.05, 0) is 55.9 Å². The van der Waals surface area contributed by atoms with E-state index >= 15 is 0 Å². The van der Waals surface area contributed by atoms with E-state index < -0.39 is 0 Å². The molecular formula is C17H21FN2. The molecule has 2 saturated carbocycles. The quantitative estimate of drug-likeness (QED) is 0.875. The highest BCUT2D eigenvalue weighted by atomic mass is 19.1. The fourth-order valence-corrected chi connectivity index (χ4v) is 3.39. The fraction of sp³-hybridized carbons (Fsp3) is 0.529. The van der Waals surface area contributed by atoms with Gasteiger partial charge in [-0.15, -0.1) is 0 Å². The Labute approximate surface area is 119 Å². The first kappa shape index (κ1) is 12.4. The smallest absolute Gasteiger partial charge is 0.123 e. The van der Waals surface area contributed by atoms with Crippen LogP contribution in [0.25, 0.3) is 10.9 Å². The van der Waals surface area contributed by atoms with E-state index in [1.54, 1.807) is 6.07 Å². The van der Waals surface area contributed by atoms with Crippen LogP contribution in [0, 0.1) is 5.82 Å². The number of hydrogen-bond acceptors (Lipinski definition) is 1. The number of benzene rings is 1. The Morgan fingerprint density at radius 3 is 2.65 bits per heavy atom. The highest BCUT2D eigenvalue weighted by molar-refractivity contribution is 5.83. The molecule has 0 atom stereocenters. The first-order chi connectivity index (χ1) is 9.81. The lowest BCUT2D eigenvalue weighted by Gasteiger charge is -2.37. The maximum atomic E-state index is 13.4. The number of hydrogen-bond donors (Lipinski definition) is 1. The lowest BCUT2D eigenvalue weighted by molar-refractivity contribution is 0.120. The molecule has 2 aliphatic carbocycles. The van der Waals surface area contributed by atoms with Crippen LogP contribution in [0.15, 0.2) is 24.4 Å². The van der Waals surface area contributed by atoms with Gasteiger partial charge < -0.3 is 4.98 Å². The van der Waals surface area contributed by atoms with Gasteiger partial charge in [-0.2, -0.15) is 0 Å². The zero-order valence-electron chi connectivity index (χ0n) is 11.7. The molecule has 2 aromatic rings. The molecule has 2 fully saturated rings. The average molecular weight is 272 g/mol. The van der Waals surface area contributed by atoms with Crippen LogP contribution in [0.5, 0.6) is 0 Å². The molecule has 0 amide bonds. The van der Waals surface area contributed by atoms with Gasteiger partial charge in [0.05, 0.1) is 0 Å². The average Bonchev–Trinajstić information content (AvgIpc) is 3.14. The molecule has 0 bridgehead atoms. The topological polar surface area (TPSA) is 19.0 Å². The summed E-state index contributed by atoms with van der Waals surface area (Å²) in [5, 5.41) is 1.05. The summed E-state index contributed by atoms with van der Waals surface area (Å²) >= 11 is 0. The minimum atomic E-state index is -0.142. The van der Waals surface area contributed by atoms with Crippen molar-refractivity contribution in [2.24, 2.45) is 0 Å². The zero-order chi connectivity index (χ0) is 13.5. The lowest BCUT2D eigenvalue weighted by Crippen LogP contribution is -2.42. The minimum Gasteiger partial charge on any atom is -0.361 e. The Hall–Kier alpha value is -1.35. The van der Waals surface area contributed by atoms with E-state index in [1.165, 1.54) is 43.7 Å². The first-order valence-corrected chi connectivity index (χ1v) is 7.82. The largest absolute Gasteiger partial charge is 0.361 e. The van der Waals surface area contributed by atoms with Crippen LogP contribution in [0.1, 0.15) is 37.7 Å². The molecule has 0 spiro atoms. The molecule has 0 radical (unpaired) electrons. The predicted molar refractivity (Wildman–Crippen MR) is 79.3 cm³/mol. The van der Waals surface area contributed by atoms with Crippen molar-refractivity contribution in [3.63, 3.8) is 0 Å². The van der Waals surface area contributed by atoms with Crippen molar-refractivity contribution in [2.75, 3.05) is 6.54 Å². The molecule has 1 aromatic heterocycles. The van der Waals surface area contributed by atoms with Crippen LogP contribution in [-0.2, 0) is 6.42 Å². The molecule has 0 aliphatic heterocycles. The first-order valence-electron chi connectivity index (χ1n) is 7.82. The molecule has 1 heterocycles. The van der Waals surface area contributed by atoms with Crippen molar-refractivity contribution in [2.45, 2.75) is 50.6 Å². The van der Waals surface area contributed by atoms with Crippen molar-refractivity contribution in [3.05, 3.63) is 35.8 Å². The second-order valence-electron chi connectivity index (χ2n) is 6.31. The standard InChI is InChI=1S/C17H21FN2/c18-13-4-7-17-16(10-13)12(11-19-17)8-9-20(15-5-6-15)14-2-1-3-14/h4,7,10-11,14-15,19H,1-3,5-6,8-9H2. The Balaban J connectivity index is 1.50. The lowest BCUT2D eigenvalue weighted by atomic mass is 9.91. The van der Waals surface area contributed by atoms with E-state index in [0.717, 1.165) is 36.0 Å². The van der Waals surface area contributed by atoms with Crippen molar-refractivity contribution in [1.82, 2.24) is 9.88 Å². The maximum Gasteiger partial charge on any atom is 0.123 e. The number of H-pyrrole nitrogens is 1. The molecule has 2 nitrogen and oxygen atoms in total. The Morgan fingerprint density at radius 1 is 1.15 bits per heavy atom. The van der Waals surface area contributed by atoms with E-state index in [9.17, 15) is 4.39 Å². The molecule has 2 aliphatic rings. The van der Waals surface area contributed by atoms with Gasteiger partial charge in [0.15, 0.2) is 0 Å². The summed E-state index contributed by atoms with van der Waals surface area (Å²) < 4.78 is 13.4. The van der Waals surface area contributed by atoms with E-state index in [1.807, 2.05) is 6.07 Å². The maximum absolute atomic E-state index is 13.4. The van der Waals surface area contributed by atoms with Crippen molar-refractivity contribution in [3.8, 4) is 0 Å². The van der Waals surface area contributed by atoms with Crippen molar-refractivity contribution in [1.29, 1.82) is 0 Å². The summed E-state index contributed by atoms with van der Waals surface area (Å²) in [5.74, 6) is -0.142. The molecule has 20 heavy (non-hydrogen) atoms. The molecule has 0 unspecified atom stereocenters. The van der Waals surface area contributed by atoms with Crippen molar-refractivity contribution < 1.29 is 4.39 Å². The summed E-state index contributed by atoms with van der Waals surface area (Å²) in [5.41, 5.74) is 2.30. The third-order valence-corrected chi connectivity index (χ3v) is 4.93. The van der Waals surface area contributed by atoms with E-state index in [2.05, 4.69) is 16.1 Å². The number of aromatic amines is 1. The molecule has 0 saturated heterocycles. The summed E-state index contributed by atoms with van der Waals surface area (Å²) in [6, 6.07) is 6.67. The molecular weight excluding hydrogens is 251 g/mol. The summed E-state index contributed by atoms with van der Waals surface area (Å²) in [4.78, 5) is 5.97. The Kier molecular flexibility index (Phi) is 3.03. The van der Waals surface area contributed by atoms with Crippen LogP contribution in [0.2, 0.25) is 0 Å². The molecule has 106 valence electrons. The zero-order valence-corrected chi connectivity index (χ0v) is 11.7. The number of nitrogens with zero attached hydrogens (tertiary/aromatic N) is 1. The SMILES string of the molecule is Fc1ccc2[nH]cc(CCN(C3CCC3)C3CC3)c2c1. The van der Waals surface area contributed by atoms with Crippen LogP contribution < -0.4 is 0 Å². The third kappa shape index (κ3) is 2.24. The molecule has 4 rings (SSSR count). The van der Waals surface area contributed by atoms with Gasteiger partial charge in [-0.1, -0.05) is 6.42 Å². The Morgan fingerprint density at radius 2 is 1.95 bits per heavy atom. The van der Waals surface area contributed by atoms with Crippen molar-refractivity contribution >= 4 is 10.9 Å². The van der Waals surface area contributed by atoms with Gasteiger partial charge >= 0.3 is 0 Å². The number of nitrogens with one attached hydrogen (secondary N) is 1. The number of rotatable bonds is 5. The molecule has 1 N–H and O–H groups in total. The van der Waals surface area contributed by atoms with Crippen LogP contribution in [0.3, 0.4) is 0 Å². The van der Waals surface area contributed by atoms with E-state index in [0.29, 0.717) is 0 Å². The highest BCUT2D eigenvalue weighted by Gasteiger charge is 2.35. The summed E-state index contributed by atoms with van der Waals surface area (Å²) in [6.45, 7) is 1.12. The van der Waals surface area contributed by atoms with Gasteiger partial charge in [-0.25, -0.2) is 4.39 Å². The summed E-state index contributed by atoms with van der Waals surface area (Å²) in [7, 11) is 0. The van der Waals surface area contributed by atoms with E-state index in [4.69, 9.17) is 0 Å². The van der Waals surface area contributed by atoms with E-state index in [-0.39, 0.29) is 5.82 Å². The summed E-state index contributed by atoms with van der Waals surface area (Å²) in [6.07, 6.45) is 9.97. The predicted octanol–water partition coefficient (Wildman–Crippen LogP) is 3.87. The van der Waals surface area contributed by atoms with Gasteiger partial charge in [0.2, 0.25) is 0 Å². The number of halogens is 1.